The smallest absolute Gasteiger partial charge is 0.0113 e. The summed E-state index contributed by atoms with van der Waals surface area (Å²) in [4.78, 5) is 0. The van der Waals surface area contributed by atoms with E-state index < -0.39 is 0 Å². The molecule has 0 N–H and O–H groups in total. The van der Waals surface area contributed by atoms with E-state index in [0.717, 1.165) is 17.0 Å². The van der Waals surface area contributed by atoms with Crippen molar-refractivity contribution in [3.8, 4) is 0 Å². The molecule has 2 rings (SSSR count). The molecular weight excluding hydrogens is 187 g/mol. The molecule has 1 aliphatic carbocycles. The van der Waals surface area contributed by atoms with Crippen LogP contribution in [0.1, 0.15) is 58.8 Å². The highest BCUT2D eigenvalue weighted by Gasteiger charge is 2.36. The summed E-state index contributed by atoms with van der Waals surface area (Å²) in [5.74, 6) is 2.11. The molecule has 0 spiro atoms. The van der Waals surface area contributed by atoms with Gasteiger partial charge in [-0.25, -0.2) is 0 Å². The van der Waals surface area contributed by atoms with E-state index in [-0.39, 0.29) is 0 Å². The van der Waals surface area contributed by atoms with Gasteiger partial charge in [0.15, 0.2) is 0 Å². The molecule has 4 atom stereocenters. The van der Waals surface area contributed by atoms with Gasteiger partial charge in [-0.1, -0.05) is 46.0 Å². The molecule has 1 saturated heterocycles. The van der Waals surface area contributed by atoms with Gasteiger partial charge >= 0.3 is 0 Å². The van der Waals surface area contributed by atoms with Crippen molar-refractivity contribution < 1.29 is 0 Å². The second-order valence-corrected chi connectivity index (χ2v) is 7.86. The van der Waals surface area contributed by atoms with Crippen molar-refractivity contribution in [2.45, 2.75) is 63.9 Å². The lowest BCUT2D eigenvalue weighted by molar-refractivity contribution is 0.263. The molecular formula is C13H25P. The van der Waals surface area contributed by atoms with Gasteiger partial charge < -0.3 is 0 Å². The lowest BCUT2D eigenvalue weighted by Gasteiger charge is -2.26. The van der Waals surface area contributed by atoms with Gasteiger partial charge in [-0.2, -0.15) is 0 Å². The SMILES string of the molecule is CC1CCCC(CCCC2(C)CP2)C1. The molecule has 2 fully saturated rings. The van der Waals surface area contributed by atoms with Crippen molar-refractivity contribution in [3.63, 3.8) is 0 Å². The van der Waals surface area contributed by atoms with Gasteiger partial charge in [0.25, 0.3) is 0 Å². The summed E-state index contributed by atoms with van der Waals surface area (Å²) in [6.45, 7) is 4.92. The van der Waals surface area contributed by atoms with Crippen LogP contribution in [0.25, 0.3) is 0 Å². The summed E-state index contributed by atoms with van der Waals surface area (Å²) in [7, 11) is 1.29. The van der Waals surface area contributed by atoms with Crippen LogP contribution in [-0.4, -0.2) is 11.3 Å². The Bertz CT molecular complexity index is 184. The van der Waals surface area contributed by atoms with Crippen LogP contribution in [0.15, 0.2) is 0 Å². The highest BCUT2D eigenvalue weighted by atomic mass is 31.1. The van der Waals surface area contributed by atoms with Gasteiger partial charge in [0, 0.05) is 0 Å². The second kappa shape index (κ2) is 4.52. The van der Waals surface area contributed by atoms with E-state index in [9.17, 15) is 0 Å². The van der Waals surface area contributed by atoms with E-state index in [0.29, 0.717) is 0 Å². The second-order valence-electron chi connectivity index (χ2n) is 5.94. The highest BCUT2D eigenvalue weighted by molar-refractivity contribution is 7.49. The number of hydrogen-bond donors (Lipinski definition) is 0. The van der Waals surface area contributed by atoms with Crippen LogP contribution in [0.5, 0.6) is 0 Å². The molecule has 82 valence electrons. The third-order valence-electron chi connectivity index (χ3n) is 4.17. The summed E-state index contributed by atoms with van der Waals surface area (Å²) in [5.41, 5.74) is 0. The quantitative estimate of drug-likeness (QED) is 0.604. The number of rotatable bonds is 4. The molecule has 0 radical (unpaired) electrons. The van der Waals surface area contributed by atoms with Gasteiger partial charge in [-0.3, -0.25) is 0 Å². The van der Waals surface area contributed by atoms with E-state index in [1.807, 2.05) is 0 Å². The Morgan fingerprint density at radius 3 is 2.79 bits per heavy atom. The van der Waals surface area contributed by atoms with Gasteiger partial charge in [0.2, 0.25) is 0 Å². The molecule has 1 heteroatoms. The van der Waals surface area contributed by atoms with Crippen LogP contribution in [0.3, 0.4) is 0 Å². The number of hydrogen-bond acceptors (Lipinski definition) is 0. The molecule has 0 aromatic heterocycles. The highest BCUT2D eigenvalue weighted by Crippen LogP contribution is 2.54. The monoisotopic (exact) mass is 212 g/mol. The summed E-state index contributed by atoms with van der Waals surface area (Å²) in [6.07, 6.45) is 12.2. The normalized spacial score (nSPS) is 44.1. The molecule has 4 unspecified atom stereocenters. The fourth-order valence-corrected chi connectivity index (χ4v) is 3.76. The van der Waals surface area contributed by atoms with Gasteiger partial charge in [-0.15, -0.1) is 8.58 Å². The van der Waals surface area contributed by atoms with Gasteiger partial charge in [0.05, 0.1) is 0 Å². The molecule has 0 amide bonds. The van der Waals surface area contributed by atoms with Crippen LogP contribution in [0.2, 0.25) is 0 Å². The summed E-state index contributed by atoms with van der Waals surface area (Å²) in [5, 5.41) is 0.820. The minimum absolute atomic E-state index is 0.820. The van der Waals surface area contributed by atoms with Crippen LogP contribution in [-0.2, 0) is 0 Å². The minimum atomic E-state index is 0.820. The lowest BCUT2D eigenvalue weighted by Crippen LogP contribution is -2.13. The molecule has 0 aromatic rings. The first kappa shape index (κ1) is 10.9. The Hall–Kier alpha value is 0.430. The maximum absolute atomic E-state index is 2.48. The topological polar surface area (TPSA) is 0 Å². The predicted molar refractivity (Wildman–Crippen MR) is 66.6 cm³/mol. The van der Waals surface area contributed by atoms with Crippen LogP contribution in [0.4, 0.5) is 0 Å². The molecule has 0 nitrogen and oxygen atoms in total. The molecule has 1 heterocycles. The Morgan fingerprint density at radius 1 is 1.36 bits per heavy atom. The van der Waals surface area contributed by atoms with E-state index in [1.54, 1.807) is 0 Å². The summed E-state index contributed by atoms with van der Waals surface area (Å²) >= 11 is 0. The molecule has 0 aromatic carbocycles. The molecule has 1 saturated carbocycles. The Morgan fingerprint density at radius 2 is 2.14 bits per heavy atom. The standard InChI is InChI=1S/C13H25P/c1-11-5-3-6-12(9-11)7-4-8-13(2)10-14-13/h11-12,14H,3-10H2,1-2H3. The van der Waals surface area contributed by atoms with Crippen molar-refractivity contribution in [2.75, 3.05) is 6.16 Å². The predicted octanol–water partition coefficient (Wildman–Crippen LogP) is 4.43. The van der Waals surface area contributed by atoms with Crippen molar-refractivity contribution in [1.82, 2.24) is 0 Å². The lowest BCUT2D eigenvalue weighted by atomic mass is 9.80. The van der Waals surface area contributed by atoms with E-state index in [1.165, 1.54) is 59.7 Å². The zero-order chi connectivity index (χ0) is 10.0. The van der Waals surface area contributed by atoms with Crippen molar-refractivity contribution in [2.24, 2.45) is 11.8 Å². The Balaban J connectivity index is 1.60. The van der Waals surface area contributed by atoms with Crippen molar-refractivity contribution in [1.29, 1.82) is 0 Å². The average molecular weight is 212 g/mol. The first-order valence-electron chi connectivity index (χ1n) is 6.43. The Labute approximate surface area is 91.0 Å². The third-order valence-corrected chi connectivity index (χ3v) is 5.98. The van der Waals surface area contributed by atoms with E-state index in [2.05, 4.69) is 13.8 Å². The molecule has 14 heavy (non-hydrogen) atoms. The van der Waals surface area contributed by atoms with E-state index in [4.69, 9.17) is 0 Å². The zero-order valence-electron chi connectivity index (χ0n) is 9.81. The average Bonchev–Trinajstić information content (AvgIpc) is 2.84. The fraction of sp³-hybridized carbons (Fsp3) is 1.00. The van der Waals surface area contributed by atoms with Crippen LogP contribution >= 0.6 is 8.58 Å². The maximum atomic E-state index is 2.48. The third kappa shape index (κ3) is 3.23. The minimum Gasteiger partial charge on any atom is -0.115 e. The molecule has 0 bridgehead atoms. The van der Waals surface area contributed by atoms with Crippen molar-refractivity contribution in [3.05, 3.63) is 0 Å². The largest absolute Gasteiger partial charge is 0.115 e. The first-order chi connectivity index (χ1) is 6.68. The molecule has 2 aliphatic rings. The molecule has 1 aliphatic heterocycles. The van der Waals surface area contributed by atoms with E-state index >= 15 is 0 Å². The van der Waals surface area contributed by atoms with Crippen LogP contribution in [0, 0.1) is 11.8 Å². The fourth-order valence-electron chi connectivity index (χ4n) is 2.93. The van der Waals surface area contributed by atoms with Crippen LogP contribution < -0.4 is 0 Å². The maximum Gasteiger partial charge on any atom is -0.0113 e. The summed E-state index contributed by atoms with van der Waals surface area (Å²) < 4.78 is 0. The first-order valence-corrected chi connectivity index (χ1v) is 7.64. The van der Waals surface area contributed by atoms with Gasteiger partial charge in [0.1, 0.15) is 0 Å². The summed E-state index contributed by atoms with van der Waals surface area (Å²) in [6, 6.07) is 0. The van der Waals surface area contributed by atoms with Crippen molar-refractivity contribution >= 4 is 8.58 Å². The van der Waals surface area contributed by atoms with Gasteiger partial charge in [-0.05, 0) is 36.0 Å². The zero-order valence-corrected chi connectivity index (χ0v) is 10.8. The Kier molecular flexibility index (Phi) is 3.53.